The number of benzene rings is 2. The lowest BCUT2D eigenvalue weighted by atomic mass is 9.74. The lowest BCUT2D eigenvalue weighted by Crippen LogP contribution is -2.44. The summed E-state index contributed by atoms with van der Waals surface area (Å²) in [6, 6.07) is 16.0. The first-order chi connectivity index (χ1) is 14.7. The van der Waals surface area contributed by atoms with Gasteiger partial charge in [0.25, 0.3) is 5.91 Å². The molecule has 0 bridgehead atoms. The maximum Gasteiger partial charge on any atom is 0.263 e. The third-order valence-electron chi connectivity index (χ3n) is 5.77. The van der Waals surface area contributed by atoms with Crippen molar-refractivity contribution < 1.29 is 19.0 Å². The zero-order valence-corrected chi connectivity index (χ0v) is 17.2. The molecule has 1 fully saturated rings. The SMILES string of the molecule is O=C(NCC1(c2ccc3c(c2)OCO3)CCOCC1)c1cnc(-c2ccccc2)s1. The van der Waals surface area contributed by atoms with Crippen LogP contribution in [0.3, 0.4) is 0 Å². The van der Waals surface area contributed by atoms with E-state index in [1.807, 2.05) is 42.5 Å². The molecule has 5 rings (SSSR count). The predicted molar refractivity (Wildman–Crippen MR) is 114 cm³/mol. The molecule has 154 valence electrons. The summed E-state index contributed by atoms with van der Waals surface area (Å²) >= 11 is 1.41. The molecule has 2 aliphatic heterocycles. The number of nitrogens with zero attached hydrogens (tertiary/aromatic N) is 1. The number of hydrogen-bond donors (Lipinski definition) is 1. The fourth-order valence-corrected chi connectivity index (χ4v) is 4.82. The smallest absolute Gasteiger partial charge is 0.263 e. The molecule has 30 heavy (non-hydrogen) atoms. The van der Waals surface area contributed by atoms with Gasteiger partial charge in [0.15, 0.2) is 11.5 Å². The Morgan fingerprint density at radius 3 is 2.70 bits per heavy atom. The summed E-state index contributed by atoms with van der Waals surface area (Å²) in [6.45, 7) is 2.13. The van der Waals surface area contributed by atoms with Gasteiger partial charge < -0.3 is 19.5 Å². The fourth-order valence-electron chi connectivity index (χ4n) is 3.99. The van der Waals surface area contributed by atoms with Gasteiger partial charge in [0.05, 0.1) is 6.20 Å². The van der Waals surface area contributed by atoms with E-state index in [1.54, 1.807) is 6.20 Å². The lowest BCUT2D eigenvalue weighted by molar-refractivity contribution is 0.0487. The number of carbonyl (C=O) groups is 1. The molecule has 0 saturated carbocycles. The van der Waals surface area contributed by atoms with Crippen molar-refractivity contribution in [3.8, 4) is 22.1 Å². The van der Waals surface area contributed by atoms with E-state index in [9.17, 15) is 4.79 Å². The van der Waals surface area contributed by atoms with E-state index in [2.05, 4.69) is 16.4 Å². The topological polar surface area (TPSA) is 69.7 Å². The van der Waals surface area contributed by atoms with E-state index in [0.717, 1.165) is 40.5 Å². The number of nitrogens with one attached hydrogen (secondary N) is 1. The van der Waals surface area contributed by atoms with Crippen LogP contribution in [0.4, 0.5) is 0 Å². The summed E-state index contributed by atoms with van der Waals surface area (Å²) in [5, 5.41) is 3.99. The fraction of sp³-hybridized carbons (Fsp3) is 0.304. The third kappa shape index (κ3) is 3.66. The molecule has 6 nitrogen and oxygen atoms in total. The molecule has 1 amide bonds. The number of thiazole rings is 1. The Bertz CT molecular complexity index is 1040. The van der Waals surface area contributed by atoms with Gasteiger partial charge in [-0.25, -0.2) is 4.98 Å². The first kappa shape index (κ1) is 19.1. The van der Waals surface area contributed by atoms with E-state index < -0.39 is 0 Å². The Morgan fingerprint density at radius 2 is 1.87 bits per heavy atom. The standard InChI is InChI=1S/C23H22N2O4S/c26-21(20-13-24-22(30-20)16-4-2-1-3-5-16)25-14-23(8-10-27-11-9-23)17-6-7-18-19(12-17)29-15-28-18/h1-7,12-13H,8-11,14-15H2,(H,25,26). The van der Waals surface area contributed by atoms with Crippen LogP contribution in [0.1, 0.15) is 28.1 Å². The van der Waals surface area contributed by atoms with Crippen molar-refractivity contribution in [2.75, 3.05) is 26.6 Å². The van der Waals surface area contributed by atoms with Crippen LogP contribution in [-0.2, 0) is 10.2 Å². The molecule has 3 aromatic rings. The summed E-state index contributed by atoms with van der Waals surface area (Å²) in [6.07, 6.45) is 3.33. The Balaban J connectivity index is 1.34. The number of rotatable bonds is 5. The van der Waals surface area contributed by atoms with E-state index in [0.29, 0.717) is 24.6 Å². The van der Waals surface area contributed by atoms with Crippen LogP contribution in [0, 0.1) is 0 Å². The minimum absolute atomic E-state index is 0.0960. The van der Waals surface area contributed by atoms with Crippen molar-refractivity contribution in [2.24, 2.45) is 0 Å². The van der Waals surface area contributed by atoms with Crippen molar-refractivity contribution in [1.82, 2.24) is 10.3 Å². The number of aromatic nitrogens is 1. The average Bonchev–Trinajstić information content (AvgIpc) is 3.48. The highest BCUT2D eigenvalue weighted by Crippen LogP contribution is 2.40. The summed E-state index contributed by atoms with van der Waals surface area (Å²) in [4.78, 5) is 17.9. The Morgan fingerprint density at radius 1 is 1.07 bits per heavy atom. The molecule has 3 heterocycles. The second-order valence-corrected chi connectivity index (χ2v) is 8.57. The molecular weight excluding hydrogens is 400 g/mol. The van der Waals surface area contributed by atoms with Crippen LogP contribution >= 0.6 is 11.3 Å². The van der Waals surface area contributed by atoms with Crippen molar-refractivity contribution in [3.63, 3.8) is 0 Å². The molecule has 0 radical (unpaired) electrons. The van der Waals surface area contributed by atoms with Gasteiger partial charge in [-0.1, -0.05) is 36.4 Å². The predicted octanol–water partition coefficient (Wildman–Crippen LogP) is 4.02. The number of amides is 1. The summed E-state index contributed by atoms with van der Waals surface area (Å²) < 4.78 is 16.6. The zero-order chi connectivity index (χ0) is 20.4. The number of carbonyl (C=O) groups excluding carboxylic acids is 1. The molecule has 0 spiro atoms. The maximum atomic E-state index is 12.9. The largest absolute Gasteiger partial charge is 0.454 e. The molecule has 7 heteroatoms. The summed E-state index contributed by atoms with van der Waals surface area (Å²) in [5.41, 5.74) is 1.97. The van der Waals surface area contributed by atoms with E-state index in [4.69, 9.17) is 14.2 Å². The van der Waals surface area contributed by atoms with Gasteiger partial charge in [0.1, 0.15) is 9.88 Å². The number of hydrogen-bond acceptors (Lipinski definition) is 6. The average molecular weight is 423 g/mol. The quantitative estimate of drug-likeness (QED) is 0.673. The molecule has 1 N–H and O–H groups in total. The van der Waals surface area contributed by atoms with Gasteiger partial charge in [-0.15, -0.1) is 11.3 Å². The molecule has 2 aliphatic rings. The van der Waals surface area contributed by atoms with Gasteiger partial charge in [-0.2, -0.15) is 0 Å². The summed E-state index contributed by atoms with van der Waals surface area (Å²) in [7, 11) is 0. The van der Waals surface area contributed by atoms with Crippen LogP contribution in [0.2, 0.25) is 0 Å². The van der Waals surface area contributed by atoms with Crippen molar-refractivity contribution in [1.29, 1.82) is 0 Å². The van der Waals surface area contributed by atoms with Crippen LogP contribution in [0.5, 0.6) is 11.5 Å². The van der Waals surface area contributed by atoms with E-state index in [-0.39, 0.29) is 18.1 Å². The number of ether oxygens (including phenoxy) is 3. The van der Waals surface area contributed by atoms with Crippen molar-refractivity contribution in [3.05, 3.63) is 65.2 Å². The molecule has 0 aliphatic carbocycles. The molecule has 0 atom stereocenters. The monoisotopic (exact) mass is 422 g/mol. The van der Waals surface area contributed by atoms with E-state index in [1.165, 1.54) is 11.3 Å². The Kier molecular flexibility index (Phi) is 5.14. The van der Waals surface area contributed by atoms with Crippen molar-refractivity contribution in [2.45, 2.75) is 18.3 Å². The second kappa shape index (κ2) is 8.08. The van der Waals surface area contributed by atoms with Crippen LogP contribution < -0.4 is 14.8 Å². The highest BCUT2D eigenvalue weighted by atomic mass is 32.1. The van der Waals surface area contributed by atoms with Gasteiger partial charge >= 0.3 is 0 Å². The molecular formula is C23H22N2O4S. The first-order valence-electron chi connectivity index (χ1n) is 10.0. The molecule has 1 aromatic heterocycles. The molecule has 1 saturated heterocycles. The lowest BCUT2D eigenvalue weighted by Gasteiger charge is -2.38. The third-order valence-corrected chi connectivity index (χ3v) is 6.82. The maximum absolute atomic E-state index is 12.9. The van der Waals surface area contributed by atoms with Crippen LogP contribution in [0.25, 0.3) is 10.6 Å². The zero-order valence-electron chi connectivity index (χ0n) is 16.4. The van der Waals surface area contributed by atoms with Gasteiger partial charge in [0.2, 0.25) is 6.79 Å². The second-order valence-electron chi connectivity index (χ2n) is 7.54. The normalized spacial score (nSPS) is 16.9. The van der Waals surface area contributed by atoms with Crippen LogP contribution in [0.15, 0.2) is 54.7 Å². The van der Waals surface area contributed by atoms with Gasteiger partial charge in [-0.05, 0) is 30.5 Å². The highest BCUT2D eigenvalue weighted by molar-refractivity contribution is 7.16. The Labute approximate surface area is 178 Å². The first-order valence-corrected chi connectivity index (χ1v) is 10.8. The van der Waals surface area contributed by atoms with Crippen molar-refractivity contribution >= 4 is 17.2 Å². The number of fused-ring (bicyclic) bond motifs is 1. The highest BCUT2D eigenvalue weighted by Gasteiger charge is 2.36. The minimum atomic E-state index is -0.193. The van der Waals surface area contributed by atoms with Crippen LogP contribution in [-0.4, -0.2) is 37.4 Å². The Hall–Kier alpha value is -2.90. The van der Waals surface area contributed by atoms with Gasteiger partial charge in [-0.3, -0.25) is 4.79 Å². The van der Waals surface area contributed by atoms with Gasteiger partial charge in [0, 0.05) is 30.7 Å². The molecule has 0 unspecified atom stereocenters. The molecule has 2 aromatic carbocycles. The summed E-state index contributed by atoms with van der Waals surface area (Å²) in [5.74, 6) is 1.43. The van der Waals surface area contributed by atoms with E-state index >= 15 is 0 Å². The minimum Gasteiger partial charge on any atom is -0.454 e.